The van der Waals surface area contributed by atoms with Crippen molar-refractivity contribution in [1.29, 1.82) is 0 Å². The van der Waals surface area contributed by atoms with Crippen LogP contribution in [0.1, 0.15) is 40.9 Å². The number of hydrogen-bond acceptors (Lipinski definition) is 7. The number of halogens is 1. The van der Waals surface area contributed by atoms with Gasteiger partial charge in [0, 0.05) is 23.1 Å². The molecule has 0 radical (unpaired) electrons. The van der Waals surface area contributed by atoms with Crippen molar-refractivity contribution >= 4 is 27.3 Å². The van der Waals surface area contributed by atoms with Crippen LogP contribution in [0, 0.1) is 5.82 Å². The van der Waals surface area contributed by atoms with E-state index in [-0.39, 0.29) is 18.3 Å². The molecule has 1 atom stereocenters. The number of fused-ring (bicyclic) bond motifs is 5. The van der Waals surface area contributed by atoms with Crippen molar-refractivity contribution in [1.82, 2.24) is 10.3 Å². The molecule has 3 heterocycles. The van der Waals surface area contributed by atoms with Gasteiger partial charge in [0.15, 0.2) is 11.5 Å². The van der Waals surface area contributed by atoms with E-state index in [0.717, 1.165) is 15.8 Å². The molecule has 0 saturated carbocycles. The van der Waals surface area contributed by atoms with Crippen molar-refractivity contribution in [2.24, 2.45) is 0 Å². The van der Waals surface area contributed by atoms with Gasteiger partial charge in [-0.05, 0) is 36.4 Å². The lowest BCUT2D eigenvalue weighted by atomic mass is 10.0. The number of methoxy groups -OCH3 is 2. The molecule has 2 N–H and O–H groups in total. The Bertz CT molecular complexity index is 1400. The topological polar surface area (TPSA) is 89.9 Å². The summed E-state index contributed by atoms with van der Waals surface area (Å²) in [6.45, 7) is 4.29. The van der Waals surface area contributed by atoms with Gasteiger partial charge in [-0.15, -0.1) is 11.3 Å². The number of carbonyl (C=O) groups excluding carboxylic acids is 1. The van der Waals surface area contributed by atoms with Gasteiger partial charge in [-0.2, -0.15) is 0 Å². The number of aliphatic hydroxyl groups is 1. The average molecular weight is 511 g/mol. The number of aliphatic hydroxyl groups excluding tert-OH is 1. The Morgan fingerprint density at radius 2 is 1.94 bits per heavy atom. The number of aromatic nitrogens is 1. The summed E-state index contributed by atoms with van der Waals surface area (Å²) in [6.07, 6.45) is -1.05. The number of thiophene rings is 1. The van der Waals surface area contributed by atoms with Crippen molar-refractivity contribution in [3.63, 3.8) is 0 Å². The Labute approximate surface area is 212 Å². The lowest BCUT2D eigenvalue weighted by Crippen LogP contribution is -2.28. The predicted octanol–water partition coefficient (Wildman–Crippen LogP) is 5.50. The molecule has 7 nitrogen and oxygen atoms in total. The first kappa shape index (κ1) is 25.4. The van der Waals surface area contributed by atoms with Crippen LogP contribution in [-0.2, 0) is 6.61 Å². The standard InChI is InChI=1S/C25H21FN2O5S.C2H6/c1-31-18-8-6-13(10-20(18)32-2)25(30)27-11-17(29)16-7-9-19-23(28-16)22-14-4-3-5-15(26)24(14)34-21(22)12-33-19;1-2/h3-10,17,29H,11-12H2,1-2H3,(H,27,30);1-2H3. The summed E-state index contributed by atoms with van der Waals surface area (Å²) < 4.78 is 31.1. The smallest absolute Gasteiger partial charge is 0.251 e. The first-order chi connectivity index (χ1) is 17.5. The van der Waals surface area contributed by atoms with Crippen LogP contribution in [-0.4, -0.2) is 36.8 Å². The molecule has 1 aliphatic heterocycles. The number of pyridine rings is 1. The molecular weight excluding hydrogens is 483 g/mol. The third-order valence-corrected chi connectivity index (χ3v) is 6.85. The monoisotopic (exact) mass is 510 g/mol. The van der Waals surface area contributed by atoms with Crippen LogP contribution in [0.25, 0.3) is 21.3 Å². The average Bonchev–Trinajstić information content (AvgIpc) is 3.32. The summed E-state index contributed by atoms with van der Waals surface area (Å²) in [5, 5.41) is 14.2. The van der Waals surface area contributed by atoms with Gasteiger partial charge >= 0.3 is 0 Å². The third kappa shape index (κ3) is 4.72. The van der Waals surface area contributed by atoms with Gasteiger partial charge in [-0.25, -0.2) is 9.37 Å². The molecule has 9 heteroatoms. The molecule has 36 heavy (non-hydrogen) atoms. The number of nitrogens with one attached hydrogen (secondary N) is 1. The molecule has 188 valence electrons. The first-order valence-electron chi connectivity index (χ1n) is 11.5. The van der Waals surface area contributed by atoms with Crippen molar-refractivity contribution in [3.05, 3.63) is 70.5 Å². The Morgan fingerprint density at radius 3 is 2.69 bits per heavy atom. The maximum absolute atomic E-state index is 14.3. The van der Waals surface area contributed by atoms with Crippen molar-refractivity contribution in [3.8, 4) is 28.5 Å². The van der Waals surface area contributed by atoms with Crippen molar-refractivity contribution in [2.45, 2.75) is 26.6 Å². The highest BCUT2D eigenvalue weighted by Gasteiger charge is 2.26. The Morgan fingerprint density at radius 1 is 1.17 bits per heavy atom. The van der Waals surface area contributed by atoms with Crippen LogP contribution in [0.4, 0.5) is 4.39 Å². The zero-order valence-electron chi connectivity index (χ0n) is 20.4. The van der Waals surface area contributed by atoms with Crippen LogP contribution in [0.15, 0.2) is 48.5 Å². The number of nitrogens with zero attached hydrogens (tertiary/aromatic N) is 1. The van der Waals surface area contributed by atoms with Crippen LogP contribution in [0.3, 0.4) is 0 Å². The molecule has 1 unspecified atom stereocenters. The van der Waals surface area contributed by atoms with Gasteiger partial charge in [-0.1, -0.05) is 26.0 Å². The molecule has 2 aromatic carbocycles. The molecule has 2 aromatic heterocycles. The van der Waals surface area contributed by atoms with Gasteiger partial charge in [0.05, 0.1) is 29.5 Å². The maximum atomic E-state index is 14.3. The minimum atomic E-state index is -1.05. The summed E-state index contributed by atoms with van der Waals surface area (Å²) in [6, 6.07) is 13.2. The molecule has 5 rings (SSSR count). The minimum Gasteiger partial charge on any atom is -0.493 e. The van der Waals surface area contributed by atoms with Crippen LogP contribution in [0.2, 0.25) is 0 Å². The zero-order valence-corrected chi connectivity index (χ0v) is 21.2. The summed E-state index contributed by atoms with van der Waals surface area (Å²) in [7, 11) is 3.01. The highest BCUT2D eigenvalue weighted by molar-refractivity contribution is 7.19. The molecule has 0 bridgehead atoms. The fourth-order valence-electron chi connectivity index (χ4n) is 3.95. The summed E-state index contributed by atoms with van der Waals surface area (Å²) in [5.74, 6) is 0.860. The second kappa shape index (κ2) is 10.9. The van der Waals surface area contributed by atoms with Gasteiger partial charge in [0.2, 0.25) is 0 Å². The van der Waals surface area contributed by atoms with Crippen molar-refractivity contribution in [2.75, 3.05) is 20.8 Å². The van der Waals surface area contributed by atoms with Crippen LogP contribution < -0.4 is 19.5 Å². The minimum absolute atomic E-state index is 0.0499. The van der Waals surface area contributed by atoms with E-state index in [4.69, 9.17) is 14.2 Å². The third-order valence-electron chi connectivity index (χ3n) is 5.66. The van der Waals surface area contributed by atoms with E-state index in [9.17, 15) is 14.3 Å². The highest BCUT2D eigenvalue weighted by atomic mass is 32.1. The van der Waals surface area contributed by atoms with Gasteiger partial charge in [0.25, 0.3) is 5.91 Å². The SMILES string of the molecule is CC.COc1ccc(C(=O)NCC(O)c2ccc3c(n2)-c2c(sc4c(F)cccc24)CO3)cc1OC. The van der Waals surface area contributed by atoms with E-state index in [1.807, 2.05) is 19.9 Å². The van der Waals surface area contributed by atoms with Crippen LogP contribution >= 0.6 is 11.3 Å². The van der Waals surface area contributed by atoms with E-state index in [1.54, 1.807) is 36.4 Å². The molecule has 0 saturated heterocycles. The number of hydrogen-bond donors (Lipinski definition) is 2. The Hall–Kier alpha value is -3.69. The molecule has 1 amide bonds. The molecule has 0 aliphatic carbocycles. The molecule has 0 fully saturated rings. The van der Waals surface area contributed by atoms with E-state index in [2.05, 4.69) is 10.3 Å². The number of amides is 1. The summed E-state index contributed by atoms with van der Waals surface area (Å²) in [4.78, 5) is 18.1. The lowest BCUT2D eigenvalue weighted by Gasteiger charge is -2.19. The number of benzene rings is 2. The maximum Gasteiger partial charge on any atom is 0.251 e. The second-order valence-electron chi connectivity index (χ2n) is 7.68. The van der Waals surface area contributed by atoms with Crippen LogP contribution in [0.5, 0.6) is 17.2 Å². The summed E-state index contributed by atoms with van der Waals surface area (Å²) >= 11 is 1.34. The van der Waals surface area contributed by atoms with Gasteiger partial charge in [0.1, 0.15) is 30.0 Å². The fourth-order valence-corrected chi connectivity index (χ4v) is 5.07. The predicted molar refractivity (Wildman–Crippen MR) is 138 cm³/mol. The van der Waals surface area contributed by atoms with E-state index >= 15 is 0 Å². The lowest BCUT2D eigenvalue weighted by molar-refractivity contribution is 0.0913. The fraction of sp³-hybridized carbons (Fsp3) is 0.259. The zero-order chi connectivity index (χ0) is 25.8. The van der Waals surface area contributed by atoms with Crippen molar-refractivity contribution < 1.29 is 28.5 Å². The van der Waals surface area contributed by atoms with E-state index in [0.29, 0.717) is 45.5 Å². The molecule has 4 aromatic rings. The first-order valence-corrected chi connectivity index (χ1v) is 12.3. The molecular formula is C27H27FN2O5S. The Kier molecular flexibility index (Phi) is 7.71. The van der Waals surface area contributed by atoms with E-state index in [1.165, 1.54) is 31.6 Å². The largest absolute Gasteiger partial charge is 0.493 e. The second-order valence-corrected chi connectivity index (χ2v) is 8.79. The normalized spacial score (nSPS) is 12.4. The summed E-state index contributed by atoms with van der Waals surface area (Å²) in [5.41, 5.74) is 2.12. The number of ether oxygens (including phenoxy) is 3. The quantitative estimate of drug-likeness (QED) is 0.356. The number of rotatable bonds is 6. The molecule has 1 aliphatic rings. The Balaban J connectivity index is 0.00000148. The highest BCUT2D eigenvalue weighted by Crippen LogP contribution is 2.46. The van der Waals surface area contributed by atoms with Gasteiger partial charge in [-0.3, -0.25) is 4.79 Å². The molecule has 0 spiro atoms. The van der Waals surface area contributed by atoms with Gasteiger partial charge < -0.3 is 24.6 Å². The van der Waals surface area contributed by atoms with E-state index < -0.39 is 6.10 Å². The number of carbonyl (C=O) groups is 1.